The van der Waals surface area contributed by atoms with Crippen LogP contribution in [0.15, 0.2) is 22.6 Å². The number of furan rings is 1. The maximum absolute atomic E-state index is 12.4. The predicted molar refractivity (Wildman–Crippen MR) is 104 cm³/mol. The first-order chi connectivity index (χ1) is 13.3. The van der Waals surface area contributed by atoms with Crippen LogP contribution in [0.5, 0.6) is 5.75 Å². The molecule has 0 saturated heterocycles. The van der Waals surface area contributed by atoms with Crippen molar-refractivity contribution in [2.24, 2.45) is 7.05 Å². The monoisotopic (exact) mass is 385 g/mol. The SMILES string of the molecule is CCOc1ccc2oc(C(=O)OCC(=O)Nc3c(C)nn(C)c3C)c(C)c2c1. The van der Waals surface area contributed by atoms with Gasteiger partial charge in [-0.25, -0.2) is 4.79 Å². The molecule has 0 radical (unpaired) electrons. The number of aromatic nitrogens is 2. The van der Waals surface area contributed by atoms with Gasteiger partial charge in [-0.2, -0.15) is 5.10 Å². The number of amides is 1. The highest BCUT2D eigenvalue weighted by Gasteiger charge is 2.21. The Morgan fingerprint density at radius 2 is 2.00 bits per heavy atom. The molecule has 0 aliphatic rings. The molecule has 148 valence electrons. The number of nitrogens with one attached hydrogen (secondary N) is 1. The molecule has 0 saturated carbocycles. The average molecular weight is 385 g/mol. The molecule has 3 rings (SSSR count). The summed E-state index contributed by atoms with van der Waals surface area (Å²) in [6.45, 7) is 7.42. The summed E-state index contributed by atoms with van der Waals surface area (Å²) < 4.78 is 17.9. The zero-order chi connectivity index (χ0) is 20.4. The fourth-order valence-corrected chi connectivity index (χ4v) is 2.98. The van der Waals surface area contributed by atoms with Gasteiger partial charge in [-0.15, -0.1) is 0 Å². The van der Waals surface area contributed by atoms with Gasteiger partial charge in [0.2, 0.25) is 5.76 Å². The van der Waals surface area contributed by atoms with Crippen LogP contribution in [0.3, 0.4) is 0 Å². The maximum Gasteiger partial charge on any atom is 0.375 e. The number of benzene rings is 1. The summed E-state index contributed by atoms with van der Waals surface area (Å²) in [7, 11) is 1.79. The van der Waals surface area contributed by atoms with Crippen molar-refractivity contribution in [3.8, 4) is 5.75 Å². The molecule has 2 heterocycles. The molecule has 0 aliphatic heterocycles. The fraction of sp³-hybridized carbons (Fsp3) is 0.350. The highest BCUT2D eigenvalue weighted by molar-refractivity contribution is 5.98. The highest BCUT2D eigenvalue weighted by Crippen LogP contribution is 2.29. The van der Waals surface area contributed by atoms with E-state index in [0.29, 0.717) is 34.9 Å². The number of fused-ring (bicyclic) bond motifs is 1. The van der Waals surface area contributed by atoms with Crippen LogP contribution in [0.1, 0.15) is 34.4 Å². The molecule has 0 spiro atoms. The second-order valence-corrected chi connectivity index (χ2v) is 6.44. The Labute approximate surface area is 162 Å². The van der Waals surface area contributed by atoms with Crippen molar-refractivity contribution in [2.45, 2.75) is 27.7 Å². The third kappa shape index (κ3) is 3.71. The molecule has 1 amide bonds. The van der Waals surface area contributed by atoms with Crippen LogP contribution in [0, 0.1) is 20.8 Å². The first kappa shape index (κ1) is 19.5. The summed E-state index contributed by atoms with van der Waals surface area (Å²) in [4.78, 5) is 24.6. The van der Waals surface area contributed by atoms with E-state index < -0.39 is 18.5 Å². The number of anilines is 1. The van der Waals surface area contributed by atoms with E-state index >= 15 is 0 Å². The van der Waals surface area contributed by atoms with Crippen molar-refractivity contribution in [3.63, 3.8) is 0 Å². The third-order valence-electron chi connectivity index (χ3n) is 4.51. The number of nitrogens with zero attached hydrogens (tertiary/aromatic N) is 2. The van der Waals surface area contributed by atoms with Gasteiger partial charge in [0.15, 0.2) is 6.61 Å². The van der Waals surface area contributed by atoms with Gasteiger partial charge in [-0.05, 0) is 45.9 Å². The average Bonchev–Trinajstić information content (AvgIpc) is 3.11. The molecule has 28 heavy (non-hydrogen) atoms. The minimum Gasteiger partial charge on any atom is -0.494 e. The number of rotatable bonds is 6. The van der Waals surface area contributed by atoms with Gasteiger partial charge in [-0.3, -0.25) is 9.48 Å². The van der Waals surface area contributed by atoms with Gasteiger partial charge in [0.1, 0.15) is 11.3 Å². The summed E-state index contributed by atoms with van der Waals surface area (Å²) >= 11 is 0. The van der Waals surface area contributed by atoms with Gasteiger partial charge in [0, 0.05) is 18.0 Å². The van der Waals surface area contributed by atoms with Crippen LogP contribution in [-0.2, 0) is 16.6 Å². The molecule has 8 nitrogen and oxygen atoms in total. The van der Waals surface area contributed by atoms with Crippen LogP contribution < -0.4 is 10.1 Å². The summed E-state index contributed by atoms with van der Waals surface area (Å²) in [5.74, 6) is -0.369. The largest absolute Gasteiger partial charge is 0.494 e. The summed E-state index contributed by atoms with van der Waals surface area (Å²) in [5.41, 5.74) is 3.32. The molecule has 1 aromatic carbocycles. The molecular weight excluding hydrogens is 362 g/mol. The topological polar surface area (TPSA) is 95.6 Å². The first-order valence-electron chi connectivity index (χ1n) is 8.95. The number of carbonyl (C=O) groups is 2. The minimum atomic E-state index is -0.693. The number of aryl methyl sites for hydroxylation is 3. The lowest BCUT2D eigenvalue weighted by Gasteiger charge is -2.06. The van der Waals surface area contributed by atoms with Crippen molar-refractivity contribution in [3.05, 3.63) is 40.9 Å². The number of carbonyl (C=O) groups excluding carboxylic acids is 2. The summed E-state index contributed by atoms with van der Waals surface area (Å²) in [6.07, 6.45) is 0. The van der Waals surface area contributed by atoms with Crippen molar-refractivity contribution >= 4 is 28.5 Å². The van der Waals surface area contributed by atoms with Gasteiger partial charge in [0.05, 0.1) is 23.7 Å². The van der Waals surface area contributed by atoms with Crippen LogP contribution >= 0.6 is 0 Å². The Balaban J connectivity index is 1.69. The van der Waals surface area contributed by atoms with Crippen LogP contribution in [-0.4, -0.2) is 34.9 Å². The zero-order valence-corrected chi connectivity index (χ0v) is 16.6. The lowest BCUT2D eigenvalue weighted by Crippen LogP contribution is -2.21. The second-order valence-electron chi connectivity index (χ2n) is 6.44. The highest BCUT2D eigenvalue weighted by atomic mass is 16.5. The Morgan fingerprint density at radius 3 is 2.64 bits per heavy atom. The predicted octanol–water partition coefficient (Wildman–Crippen LogP) is 3.29. The number of esters is 1. The normalized spacial score (nSPS) is 10.9. The zero-order valence-electron chi connectivity index (χ0n) is 16.6. The molecule has 8 heteroatoms. The van der Waals surface area contributed by atoms with Gasteiger partial charge in [0.25, 0.3) is 5.91 Å². The molecule has 0 fully saturated rings. The van der Waals surface area contributed by atoms with Crippen molar-refractivity contribution < 1.29 is 23.5 Å². The van der Waals surface area contributed by atoms with E-state index in [0.717, 1.165) is 11.1 Å². The van der Waals surface area contributed by atoms with Gasteiger partial charge < -0.3 is 19.2 Å². The molecular formula is C20H23N3O5. The van der Waals surface area contributed by atoms with Gasteiger partial charge >= 0.3 is 5.97 Å². The molecule has 0 bridgehead atoms. The molecule has 3 aromatic rings. The second kappa shape index (κ2) is 7.75. The molecule has 0 aliphatic carbocycles. The van der Waals surface area contributed by atoms with Gasteiger partial charge in [-0.1, -0.05) is 0 Å². The van der Waals surface area contributed by atoms with Crippen molar-refractivity contribution in [1.29, 1.82) is 0 Å². The van der Waals surface area contributed by atoms with Crippen molar-refractivity contribution in [1.82, 2.24) is 9.78 Å². The molecule has 0 atom stereocenters. The quantitative estimate of drug-likeness (QED) is 0.654. The van der Waals surface area contributed by atoms with E-state index in [2.05, 4.69) is 10.4 Å². The Morgan fingerprint density at radius 1 is 1.25 bits per heavy atom. The Kier molecular flexibility index (Phi) is 5.39. The summed E-state index contributed by atoms with van der Waals surface area (Å²) in [5, 5.41) is 7.72. The van der Waals surface area contributed by atoms with E-state index in [4.69, 9.17) is 13.9 Å². The Bertz CT molecular complexity index is 1050. The first-order valence-corrected chi connectivity index (χ1v) is 8.95. The van der Waals surface area contributed by atoms with Crippen LogP contribution in [0.25, 0.3) is 11.0 Å². The van der Waals surface area contributed by atoms with Crippen LogP contribution in [0.4, 0.5) is 5.69 Å². The van der Waals surface area contributed by atoms with Crippen LogP contribution in [0.2, 0.25) is 0 Å². The number of hydrogen-bond acceptors (Lipinski definition) is 6. The van der Waals surface area contributed by atoms with E-state index in [1.54, 1.807) is 37.7 Å². The smallest absolute Gasteiger partial charge is 0.375 e. The lowest BCUT2D eigenvalue weighted by atomic mass is 10.1. The fourth-order valence-electron chi connectivity index (χ4n) is 2.98. The maximum atomic E-state index is 12.4. The summed E-state index contributed by atoms with van der Waals surface area (Å²) in [6, 6.07) is 5.33. The van der Waals surface area contributed by atoms with E-state index in [-0.39, 0.29) is 5.76 Å². The minimum absolute atomic E-state index is 0.0742. The number of hydrogen-bond donors (Lipinski definition) is 1. The number of ether oxygens (including phenoxy) is 2. The van der Waals surface area contributed by atoms with E-state index in [9.17, 15) is 9.59 Å². The third-order valence-corrected chi connectivity index (χ3v) is 4.51. The van der Waals surface area contributed by atoms with Crippen molar-refractivity contribution in [2.75, 3.05) is 18.5 Å². The van der Waals surface area contributed by atoms with E-state index in [1.165, 1.54) is 0 Å². The molecule has 0 unspecified atom stereocenters. The standard InChI is InChI=1S/C20H23N3O5/c1-6-26-14-7-8-16-15(9-14)11(2)19(28-16)20(25)27-10-17(24)21-18-12(3)22-23(5)13(18)4/h7-9H,6,10H2,1-5H3,(H,21,24). The molecule has 1 N–H and O–H groups in total. The molecule has 2 aromatic heterocycles. The van der Waals surface area contributed by atoms with E-state index in [1.807, 2.05) is 19.9 Å². The Hall–Kier alpha value is -3.29. The lowest BCUT2D eigenvalue weighted by molar-refractivity contribution is -0.119.